The first-order valence-corrected chi connectivity index (χ1v) is 20.9. The first-order chi connectivity index (χ1) is 26.7. The summed E-state index contributed by atoms with van der Waals surface area (Å²) in [4.78, 5) is 2.88. The Hall–Kier alpha value is -2.50. The summed E-state index contributed by atoms with van der Waals surface area (Å²) in [7, 11) is -4.40. The molecule has 300 valence electrons. The number of aliphatic hydroxyl groups is 3. The molecule has 2 unspecified atom stereocenters. The highest BCUT2D eigenvalue weighted by Gasteiger charge is 2.68. The molecule has 55 heavy (non-hydrogen) atoms. The van der Waals surface area contributed by atoms with Crippen molar-refractivity contribution in [3.05, 3.63) is 82.2 Å². The minimum absolute atomic E-state index is 0.0594. The highest BCUT2D eigenvalue weighted by molar-refractivity contribution is 7.48. The number of phosphoric ester groups is 1. The summed E-state index contributed by atoms with van der Waals surface area (Å²) >= 11 is 0. The van der Waals surface area contributed by atoms with Gasteiger partial charge in [0.05, 0.1) is 25.9 Å². The van der Waals surface area contributed by atoms with Crippen molar-refractivity contribution < 1.29 is 61.9 Å². The molecular weight excluding hydrogens is 737 g/mol. The third-order valence-corrected chi connectivity index (χ3v) is 13.0. The Bertz CT molecular complexity index is 1590. The number of ether oxygens (including phenoxy) is 6. The second-order valence-corrected chi connectivity index (χ2v) is 16.9. The van der Waals surface area contributed by atoms with Crippen LogP contribution in [0.3, 0.4) is 0 Å². The van der Waals surface area contributed by atoms with Crippen molar-refractivity contribution in [1.29, 1.82) is 0 Å². The Kier molecular flexibility index (Phi) is 12.0. The highest BCUT2D eigenvalue weighted by atomic mass is 31.2. The van der Waals surface area contributed by atoms with E-state index in [1.165, 1.54) is 0 Å². The molecule has 3 aliphatic heterocycles. The SMILES string of the molecule is [N-]=[N+]=N[C@H]1[C@@H](OC2[C@H]3OC4(CCCCC4)O[C@H]3C(OP(=O)(OCc3ccccc3)OCc3ccccc3)[C@@H]3OC4(CCCCC4)O[C@@H]23)O[C@H](CO)[C@@H](O)[C@@H]1O. The molecule has 0 aromatic heterocycles. The Morgan fingerprint density at radius 2 is 1.20 bits per heavy atom. The van der Waals surface area contributed by atoms with E-state index in [1.807, 2.05) is 60.7 Å². The van der Waals surface area contributed by atoms with Gasteiger partial charge in [-0.1, -0.05) is 78.6 Å². The Morgan fingerprint density at radius 1 is 0.727 bits per heavy atom. The molecule has 0 radical (unpaired) electrons. The predicted octanol–water partition coefficient (Wildman–Crippen LogP) is 5.32. The van der Waals surface area contributed by atoms with Gasteiger partial charge >= 0.3 is 7.82 Å². The normalized spacial score (nSPS) is 36.6. The largest absolute Gasteiger partial charge is 0.475 e. The molecule has 3 heterocycles. The predicted molar refractivity (Wildman–Crippen MR) is 192 cm³/mol. The molecule has 3 saturated carbocycles. The lowest BCUT2D eigenvalue weighted by Gasteiger charge is -2.46. The number of hydrogen-bond acceptors (Lipinski definition) is 14. The third kappa shape index (κ3) is 8.27. The Labute approximate surface area is 319 Å². The molecule has 8 rings (SSSR count). The van der Waals surface area contributed by atoms with Gasteiger partial charge in [0.1, 0.15) is 54.9 Å². The van der Waals surface area contributed by atoms with Crippen LogP contribution in [0.1, 0.15) is 75.3 Å². The van der Waals surface area contributed by atoms with Crippen LogP contribution in [0, 0.1) is 0 Å². The number of benzene rings is 2. The van der Waals surface area contributed by atoms with Crippen molar-refractivity contribution in [3.8, 4) is 0 Å². The van der Waals surface area contributed by atoms with Crippen molar-refractivity contribution in [2.24, 2.45) is 5.11 Å². The fraction of sp³-hybridized carbons (Fsp3) is 0.684. The van der Waals surface area contributed by atoms with Crippen LogP contribution >= 0.6 is 7.82 Å². The summed E-state index contributed by atoms with van der Waals surface area (Å²) in [5.74, 6) is -2.03. The molecule has 6 fully saturated rings. The minimum Gasteiger partial charge on any atom is -0.394 e. The van der Waals surface area contributed by atoms with Gasteiger partial charge in [0, 0.05) is 30.6 Å². The van der Waals surface area contributed by atoms with Crippen LogP contribution in [0.2, 0.25) is 0 Å². The summed E-state index contributed by atoms with van der Waals surface area (Å²) in [5, 5.41) is 35.4. The number of hydrogen-bond donors (Lipinski definition) is 3. The van der Waals surface area contributed by atoms with Crippen LogP contribution in [-0.4, -0.2) is 101 Å². The van der Waals surface area contributed by atoms with Crippen molar-refractivity contribution >= 4 is 7.82 Å². The second kappa shape index (κ2) is 16.8. The molecule has 16 nitrogen and oxygen atoms in total. The average Bonchev–Trinajstić information content (AvgIpc) is 3.76. The van der Waals surface area contributed by atoms with Gasteiger partial charge in [-0.25, -0.2) is 4.57 Å². The maximum atomic E-state index is 15.0. The molecule has 2 aromatic rings. The van der Waals surface area contributed by atoms with Crippen LogP contribution < -0.4 is 0 Å². The zero-order valence-electron chi connectivity index (χ0n) is 30.5. The third-order valence-electron chi connectivity index (χ3n) is 11.6. The van der Waals surface area contributed by atoms with Crippen molar-refractivity contribution in [2.45, 2.75) is 156 Å². The van der Waals surface area contributed by atoms with Crippen molar-refractivity contribution in [3.63, 3.8) is 0 Å². The lowest BCUT2D eigenvalue weighted by molar-refractivity contribution is -0.306. The van der Waals surface area contributed by atoms with E-state index in [-0.39, 0.29) is 13.2 Å². The van der Waals surface area contributed by atoms with E-state index >= 15 is 0 Å². The molecule has 3 aliphatic carbocycles. The van der Waals surface area contributed by atoms with E-state index in [1.54, 1.807) is 0 Å². The fourth-order valence-corrected chi connectivity index (χ4v) is 10.2. The number of fused-ring (bicyclic) bond motifs is 2. The highest BCUT2D eigenvalue weighted by Crippen LogP contribution is 2.58. The summed E-state index contributed by atoms with van der Waals surface area (Å²) in [6.45, 7) is -0.751. The van der Waals surface area contributed by atoms with Crippen LogP contribution in [-0.2, 0) is 59.8 Å². The fourth-order valence-electron chi connectivity index (χ4n) is 8.85. The summed E-state index contributed by atoms with van der Waals surface area (Å²) < 4.78 is 73.9. The molecule has 11 atom stereocenters. The van der Waals surface area contributed by atoms with Crippen molar-refractivity contribution in [1.82, 2.24) is 0 Å². The molecular formula is C38H50N3O13P. The molecule has 2 aromatic carbocycles. The minimum atomic E-state index is -4.40. The van der Waals surface area contributed by atoms with Gasteiger partial charge in [-0.05, 0) is 42.3 Å². The lowest BCUT2D eigenvalue weighted by Crippen LogP contribution is -2.65. The summed E-state index contributed by atoms with van der Waals surface area (Å²) in [5.41, 5.74) is 11.0. The van der Waals surface area contributed by atoms with Gasteiger partial charge in [-0.15, -0.1) is 0 Å². The maximum Gasteiger partial charge on any atom is 0.475 e. The van der Waals surface area contributed by atoms with Gasteiger partial charge < -0.3 is 43.7 Å². The van der Waals surface area contributed by atoms with Crippen LogP contribution in [0.15, 0.2) is 65.8 Å². The van der Waals surface area contributed by atoms with E-state index in [4.69, 9.17) is 42.0 Å². The Balaban J connectivity index is 1.16. The van der Waals surface area contributed by atoms with Crippen molar-refractivity contribution in [2.75, 3.05) is 6.61 Å². The first kappa shape index (κ1) is 39.3. The van der Waals surface area contributed by atoms with E-state index in [0.29, 0.717) is 25.7 Å². The molecule has 17 heteroatoms. The van der Waals surface area contributed by atoms with Crippen LogP contribution in [0.4, 0.5) is 0 Å². The molecule has 6 aliphatic rings. The monoisotopic (exact) mass is 787 g/mol. The number of rotatable bonds is 12. The standard InChI is InChI=1S/C38H50N3O13P/c39-41-40-27-29(44)28(43)26(21-42)48-36(27)49-30-31-33(52-37(50-31)17-9-3-10-18-37)35(34-32(30)51-38(53-34)19-11-4-12-20-38)54-55(45,46-22-24-13-5-1-6-14-24)47-23-25-15-7-2-8-16-25/h1-2,5-8,13-16,26-36,42-44H,3-4,9-12,17-23H2/t26-,27-,28-,29-,30?,31-,32+,33-,34-,35?,36-/m1/s1. The lowest BCUT2D eigenvalue weighted by atomic mass is 9.84. The van der Waals surface area contributed by atoms with Gasteiger partial charge in [0.2, 0.25) is 0 Å². The number of aliphatic hydroxyl groups excluding tert-OH is 3. The summed E-state index contributed by atoms with van der Waals surface area (Å²) in [6.07, 6.45) is -3.86. The van der Waals surface area contributed by atoms with Gasteiger partial charge in [0.15, 0.2) is 17.9 Å². The van der Waals surface area contributed by atoms with Gasteiger partial charge in [-0.2, -0.15) is 0 Å². The van der Waals surface area contributed by atoms with E-state index in [2.05, 4.69) is 10.0 Å². The topological polar surface area (TPSA) is 210 Å². The average molecular weight is 788 g/mol. The smallest absolute Gasteiger partial charge is 0.394 e. The molecule has 3 N–H and O–H groups in total. The second-order valence-electron chi connectivity index (χ2n) is 15.3. The number of azide groups is 1. The number of nitrogens with zero attached hydrogens (tertiary/aromatic N) is 3. The van der Waals surface area contributed by atoms with Crippen LogP contribution in [0.25, 0.3) is 10.4 Å². The first-order valence-electron chi connectivity index (χ1n) is 19.4. The zero-order chi connectivity index (χ0) is 38.0. The molecule has 3 saturated heterocycles. The maximum absolute atomic E-state index is 15.0. The van der Waals surface area contributed by atoms with E-state index in [0.717, 1.165) is 49.7 Å². The zero-order valence-corrected chi connectivity index (χ0v) is 31.4. The van der Waals surface area contributed by atoms with Crippen LogP contribution in [0.5, 0.6) is 0 Å². The molecule has 0 bridgehead atoms. The van der Waals surface area contributed by atoms with Gasteiger partial charge in [-0.3, -0.25) is 13.6 Å². The van der Waals surface area contributed by atoms with E-state index < -0.39 is 93.3 Å². The molecule has 2 spiro atoms. The Morgan fingerprint density at radius 3 is 1.65 bits per heavy atom. The molecule has 0 amide bonds. The quantitative estimate of drug-likeness (QED) is 0.108. The summed E-state index contributed by atoms with van der Waals surface area (Å²) in [6, 6.07) is 17.2. The number of phosphoric acid groups is 1. The van der Waals surface area contributed by atoms with E-state index in [9.17, 15) is 25.4 Å². The van der Waals surface area contributed by atoms with Gasteiger partial charge in [0.25, 0.3) is 0 Å².